The summed E-state index contributed by atoms with van der Waals surface area (Å²) in [4.78, 5) is 27.6. The largest absolute Gasteiger partial charge is 0.369 e. The van der Waals surface area contributed by atoms with Gasteiger partial charge in [0.05, 0.1) is 5.92 Å². The summed E-state index contributed by atoms with van der Waals surface area (Å²) < 4.78 is 1.81. The summed E-state index contributed by atoms with van der Waals surface area (Å²) in [5.41, 5.74) is 6.45. The number of carbonyl (C=O) groups excluding carboxylic acids is 2. The molecule has 7 heteroatoms. The molecule has 0 aliphatic carbocycles. The quantitative estimate of drug-likeness (QED) is 0.808. The van der Waals surface area contributed by atoms with Crippen LogP contribution in [0.1, 0.15) is 12.1 Å². The van der Waals surface area contributed by atoms with Gasteiger partial charge in [-0.05, 0) is 20.0 Å². The first-order valence-corrected chi connectivity index (χ1v) is 7.21. The zero-order valence-corrected chi connectivity index (χ0v) is 12.7. The van der Waals surface area contributed by atoms with E-state index in [4.69, 9.17) is 5.73 Å². The molecule has 1 aliphatic rings. The number of hydrogen-bond acceptors (Lipinski definition) is 4. The van der Waals surface area contributed by atoms with Crippen molar-refractivity contribution in [3.05, 3.63) is 18.0 Å². The highest BCUT2D eigenvalue weighted by atomic mass is 16.2. The van der Waals surface area contributed by atoms with Crippen LogP contribution >= 0.6 is 0 Å². The van der Waals surface area contributed by atoms with Crippen LogP contribution in [0, 0.1) is 12.8 Å². The Bertz CT molecular complexity index is 513. The second-order valence-corrected chi connectivity index (χ2v) is 5.65. The molecule has 1 aliphatic heterocycles. The maximum absolute atomic E-state index is 12.3. The molecule has 1 saturated heterocycles. The second-order valence-electron chi connectivity index (χ2n) is 5.65. The van der Waals surface area contributed by atoms with Crippen LogP contribution in [0.4, 0.5) is 0 Å². The summed E-state index contributed by atoms with van der Waals surface area (Å²) in [5.74, 6) is -0.594. The van der Waals surface area contributed by atoms with Gasteiger partial charge in [-0.25, -0.2) is 0 Å². The highest BCUT2D eigenvalue weighted by molar-refractivity contribution is 5.80. The smallest absolute Gasteiger partial charge is 0.224 e. The first-order valence-electron chi connectivity index (χ1n) is 7.21. The van der Waals surface area contributed by atoms with Gasteiger partial charge in [-0.1, -0.05) is 0 Å². The third-order valence-electron chi connectivity index (χ3n) is 3.95. The molecule has 21 heavy (non-hydrogen) atoms. The van der Waals surface area contributed by atoms with Crippen LogP contribution in [0.2, 0.25) is 0 Å². The Morgan fingerprint density at radius 2 is 2.14 bits per heavy atom. The Kier molecular flexibility index (Phi) is 4.95. The molecule has 2 amide bonds. The zero-order chi connectivity index (χ0) is 15.4. The lowest BCUT2D eigenvalue weighted by atomic mass is 10.1. The Morgan fingerprint density at radius 3 is 2.76 bits per heavy atom. The lowest BCUT2D eigenvalue weighted by molar-refractivity contribution is -0.132. The molecule has 0 bridgehead atoms. The highest BCUT2D eigenvalue weighted by Gasteiger charge is 2.27. The van der Waals surface area contributed by atoms with E-state index in [-0.39, 0.29) is 17.7 Å². The van der Waals surface area contributed by atoms with E-state index in [1.165, 1.54) is 0 Å². The van der Waals surface area contributed by atoms with E-state index in [1.54, 1.807) is 11.1 Å². The van der Waals surface area contributed by atoms with E-state index < -0.39 is 0 Å². The molecular weight excluding hydrogens is 270 g/mol. The molecule has 7 nitrogen and oxygen atoms in total. The van der Waals surface area contributed by atoms with E-state index in [0.29, 0.717) is 32.6 Å². The lowest BCUT2D eigenvalue weighted by Crippen LogP contribution is -2.40. The molecule has 0 radical (unpaired) electrons. The molecule has 0 saturated carbocycles. The van der Waals surface area contributed by atoms with Crippen molar-refractivity contribution in [1.82, 2.24) is 19.6 Å². The van der Waals surface area contributed by atoms with E-state index in [2.05, 4.69) is 5.10 Å². The fourth-order valence-corrected chi connectivity index (χ4v) is 2.57. The van der Waals surface area contributed by atoms with E-state index in [1.807, 2.05) is 29.6 Å². The lowest BCUT2D eigenvalue weighted by Gasteiger charge is -2.22. The average molecular weight is 293 g/mol. The number of likely N-dealkylation sites (N-methyl/N-ethyl adjacent to an activating group) is 1. The average Bonchev–Trinajstić information content (AvgIpc) is 2.72. The number of rotatable bonds is 4. The van der Waals surface area contributed by atoms with Gasteiger partial charge in [-0.2, -0.15) is 5.10 Å². The van der Waals surface area contributed by atoms with Crippen molar-refractivity contribution in [3.8, 4) is 0 Å². The van der Waals surface area contributed by atoms with Crippen molar-refractivity contribution in [2.45, 2.75) is 19.9 Å². The molecule has 1 aromatic rings. The van der Waals surface area contributed by atoms with Crippen LogP contribution in [-0.4, -0.2) is 64.6 Å². The summed E-state index contributed by atoms with van der Waals surface area (Å²) in [7, 11) is 1.94. The molecular formula is C14H23N5O2. The molecule has 2 N–H and O–H groups in total. The summed E-state index contributed by atoms with van der Waals surface area (Å²) in [6, 6.07) is 1.91. The van der Waals surface area contributed by atoms with Crippen LogP contribution in [0.5, 0.6) is 0 Å². The van der Waals surface area contributed by atoms with Gasteiger partial charge < -0.3 is 15.5 Å². The summed E-state index contributed by atoms with van der Waals surface area (Å²) >= 11 is 0. The van der Waals surface area contributed by atoms with Crippen LogP contribution in [0.3, 0.4) is 0 Å². The minimum absolute atomic E-state index is 0.0476. The van der Waals surface area contributed by atoms with Crippen LogP contribution in [0.25, 0.3) is 0 Å². The Morgan fingerprint density at radius 1 is 1.38 bits per heavy atom. The van der Waals surface area contributed by atoms with E-state index >= 15 is 0 Å². The number of aryl methyl sites for hydroxylation is 2. The summed E-state index contributed by atoms with van der Waals surface area (Å²) in [5, 5.41) is 4.17. The molecule has 0 spiro atoms. The van der Waals surface area contributed by atoms with Crippen molar-refractivity contribution in [3.63, 3.8) is 0 Å². The third-order valence-corrected chi connectivity index (χ3v) is 3.95. The summed E-state index contributed by atoms with van der Waals surface area (Å²) in [6.07, 6.45) is 2.11. The van der Waals surface area contributed by atoms with Crippen molar-refractivity contribution < 1.29 is 9.59 Å². The van der Waals surface area contributed by atoms with Crippen molar-refractivity contribution >= 4 is 11.8 Å². The number of hydrogen-bond donors (Lipinski definition) is 1. The number of amides is 2. The van der Waals surface area contributed by atoms with Crippen LogP contribution in [0.15, 0.2) is 12.3 Å². The van der Waals surface area contributed by atoms with Crippen molar-refractivity contribution in [2.75, 3.05) is 33.2 Å². The van der Waals surface area contributed by atoms with Gasteiger partial charge in [0.25, 0.3) is 0 Å². The molecule has 1 aromatic heterocycles. The standard InChI is InChI=1S/C14H23N5O2/c1-11-3-5-16-19(11)6-4-13(20)18-8-7-17(2)9-12(10-18)14(15)21/h3,5,12H,4,6-10H2,1-2H3,(H2,15,21)/t12-/m1/s1. The Balaban J connectivity index is 1.94. The van der Waals surface area contributed by atoms with Crippen molar-refractivity contribution in [1.29, 1.82) is 0 Å². The van der Waals surface area contributed by atoms with Gasteiger partial charge >= 0.3 is 0 Å². The zero-order valence-electron chi connectivity index (χ0n) is 12.7. The molecule has 0 aromatic carbocycles. The van der Waals surface area contributed by atoms with Crippen molar-refractivity contribution in [2.24, 2.45) is 11.7 Å². The molecule has 1 fully saturated rings. The number of aromatic nitrogens is 2. The Hall–Kier alpha value is -1.89. The maximum Gasteiger partial charge on any atom is 0.224 e. The minimum atomic E-state index is -0.343. The number of nitrogens with zero attached hydrogens (tertiary/aromatic N) is 4. The van der Waals surface area contributed by atoms with Gasteiger partial charge in [0.2, 0.25) is 11.8 Å². The maximum atomic E-state index is 12.3. The SMILES string of the molecule is Cc1ccnn1CCC(=O)N1CCN(C)C[C@@H](C(N)=O)C1. The fourth-order valence-electron chi connectivity index (χ4n) is 2.57. The number of nitrogens with two attached hydrogens (primary N) is 1. The van der Waals surface area contributed by atoms with Crippen LogP contribution in [-0.2, 0) is 16.1 Å². The topological polar surface area (TPSA) is 84.5 Å². The van der Waals surface area contributed by atoms with Gasteiger partial charge in [0, 0.05) is 51.0 Å². The van der Waals surface area contributed by atoms with E-state index in [9.17, 15) is 9.59 Å². The summed E-state index contributed by atoms with van der Waals surface area (Å²) in [6.45, 7) is 4.94. The Labute approximate surface area is 124 Å². The molecule has 0 unspecified atom stereocenters. The molecule has 116 valence electrons. The molecule has 2 rings (SSSR count). The molecule has 2 heterocycles. The predicted octanol–water partition coefficient (Wildman–Crippen LogP) is -0.543. The van der Waals surface area contributed by atoms with Crippen LogP contribution < -0.4 is 5.73 Å². The minimum Gasteiger partial charge on any atom is -0.369 e. The third kappa shape index (κ3) is 4.04. The monoisotopic (exact) mass is 293 g/mol. The molecule has 1 atom stereocenters. The first kappa shape index (κ1) is 15.5. The first-order chi connectivity index (χ1) is 9.97. The fraction of sp³-hybridized carbons (Fsp3) is 0.643. The van der Waals surface area contributed by atoms with Gasteiger partial charge in [0.1, 0.15) is 0 Å². The highest BCUT2D eigenvalue weighted by Crippen LogP contribution is 2.10. The van der Waals surface area contributed by atoms with Gasteiger partial charge in [0.15, 0.2) is 0 Å². The predicted molar refractivity (Wildman–Crippen MR) is 78.3 cm³/mol. The number of carbonyl (C=O) groups is 2. The number of primary amides is 1. The van der Waals surface area contributed by atoms with Gasteiger partial charge in [-0.3, -0.25) is 14.3 Å². The second kappa shape index (κ2) is 6.71. The normalized spacial score (nSPS) is 20.3. The van der Waals surface area contributed by atoms with Gasteiger partial charge in [-0.15, -0.1) is 0 Å². The van der Waals surface area contributed by atoms with E-state index in [0.717, 1.165) is 12.2 Å².